The first-order valence-corrected chi connectivity index (χ1v) is 6.60. The lowest BCUT2D eigenvalue weighted by atomic mass is 10.1. The molecule has 0 aliphatic rings. The number of halogens is 1. The van der Waals surface area contributed by atoms with E-state index in [9.17, 15) is 4.79 Å². The van der Waals surface area contributed by atoms with Gasteiger partial charge in [0.2, 0.25) is 0 Å². The summed E-state index contributed by atoms with van der Waals surface area (Å²) >= 11 is 5.66. The Morgan fingerprint density at radius 2 is 2.22 bits per heavy atom. The van der Waals surface area contributed by atoms with E-state index in [4.69, 9.17) is 16.3 Å². The maximum Gasteiger partial charge on any atom is 0.251 e. The Kier molecular flexibility index (Phi) is 5.99. The molecule has 1 atom stereocenters. The molecule has 0 aliphatic carbocycles. The van der Waals surface area contributed by atoms with Crippen LogP contribution in [0.15, 0.2) is 18.2 Å². The highest BCUT2D eigenvalue weighted by molar-refractivity contribution is 6.17. The topological polar surface area (TPSA) is 38.3 Å². The number of carbonyl (C=O) groups excluding carboxylic acids is 1. The van der Waals surface area contributed by atoms with Crippen molar-refractivity contribution in [3.8, 4) is 5.75 Å². The summed E-state index contributed by atoms with van der Waals surface area (Å²) in [5.41, 5.74) is 1.64. The molecule has 0 saturated carbocycles. The second kappa shape index (κ2) is 7.27. The molecule has 100 valence electrons. The van der Waals surface area contributed by atoms with E-state index in [0.717, 1.165) is 17.7 Å². The molecular formula is C14H20ClNO2. The number of hydrogen-bond donors (Lipinski definition) is 1. The van der Waals surface area contributed by atoms with Crippen molar-refractivity contribution >= 4 is 17.5 Å². The van der Waals surface area contributed by atoms with Crippen LogP contribution in [0.2, 0.25) is 0 Å². The first-order valence-electron chi connectivity index (χ1n) is 6.07. The summed E-state index contributed by atoms with van der Waals surface area (Å²) in [7, 11) is 1.60. The van der Waals surface area contributed by atoms with Crippen molar-refractivity contribution < 1.29 is 9.53 Å². The van der Waals surface area contributed by atoms with Gasteiger partial charge in [0.05, 0.1) is 7.11 Å². The van der Waals surface area contributed by atoms with Gasteiger partial charge >= 0.3 is 0 Å². The van der Waals surface area contributed by atoms with Gasteiger partial charge in [-0.1, -0.05) is 13.0 Å². The van der Waals surface area contributed by atoms with Gasteiger partial charge in [-0.05, 0) is 37.0 Å². The van der Waals surface area contributed by atoms with Gasteiger partial charge in [0, 0.05) is 18.0 Å². The van der Waals surface area contributed by atoms with Gasteiger partial charge in [0.25, 0.3) is 5.91 Å². The predicted octanol–water partition coefficient (Wildman–Crippen LogP) is 3.00. The molecule has 0 heterocycles. The Morgan fingerprint density at radius 3 is 2.83 bits per heavy atom. The number of benzene rings is 1. The van der Waals surface area contributed by atoms with E-state index in [0.29, 0.717) is 23.9 Å². The zero-order chi connectivity index (χ0) is 13.5. The fourth-order valence-electron chi connectivity index (χ4n) is 1.62. The van der Waals surface area contributed by atoms with E-state index in [1.54, 1.807) is 19.2 Å². The van der Waals surface area contributed by atoms with Crippen LogP contribution in [0.3, 0.4) is 0 Å². The molecule has 0 aromatic heterocycles. The summed E-state index contributed by atoms with van der Waals surface area (Å²) < 4.78 is 5.20. The van der Waals surface area contributed by atoms with Crippen LogP contribution in [0, 0.1) is 12.8 Å². The molecule has 1 aromatic carbocycles. The van der Waals surface area contributed by atoms with Crippen molar-refractivity contribution in [2.45, 2.75) is 20.3 Å². The lowest BCUT2D eigenvalue weighted by molar-refractivity contribution is 0.0947. The fraction of sp³-hybridized carbons (Fsp3) is 0.500. The number of aryl methyl sites for hydroxylation is 1. The number of rotatable bonds is 6. The minimum absolute atomic E-state index is 0.0743. The smallest absolute Gasteiger partial charge is 0.251 e. The van der Waals surface area contributed by atoms with Crippen LogP contribution in [0.4, 0.5) is 0 Å². The van der Waals surface area contributed by atoms with Gasteiger partial charge in [0.1, 0.15) is 5.75 Å². The maximum atomic E-state index is 11.9. The fourth-order valence-corrected chi connectivity index (χ4v) is 1.99. The van der Waals surface area contributed by atoms with Gasteiger partial charge in [-0.3, -0.25) is 4.79 Å². The highest BCUT2D eigenvalue weighted by Crippen LogP contribution is 2.18. The van der Waals surface area contributed by atoms with Crippen LogP contribution < -0.4 is 10.1 Å². The average Bonchev–Trinajstić information content (AvgIpc) is 2.37. The Labute approximate surface area is 113 Å². The third-order valence-electron chi connectivity index (χ3n) is 2.88. The van der Waals surface area contributed by atoms with E-state index in [1.807, 2.05) is 13.0 Å². The van der Waals surface area contributed by atoms with Crippen LogP contribution in [-0.2, 0) is 0 Å². The summed E-state index contributed by atoms with van der Waals surface area (Å²) in [6.45, 7) is 4.66. The lowest BCUT2D eigenvalue weighted by Gasteiger charge is -2.12. The van der Waals surface area contributed by atoms with Crippen molar-refractivity contribution in [3.05, 3.63) is 29.3 Å². The van der Waals surface area contributed by atoms with Crippen molar-refractivity contribution in [2.75, 3.05) is 19.5 Å². The largest absolute Gasteiger partial charge is 0.496 e. The summed E-state index contributed by atoms with van der Waals surface area (Å²) in [6, 6.07) is 5.45. The van der Waals surface area contributed by atoms with Crippen LogP contribution in [0.1, 0.15) is 29.3 Å². The van der Waals surface area contributed by atoms with E-state index in [-0.39, 0.29) is 5.91 Å². The molecule has 1 unspecified atom stereocenters. The highest BCUT2D eigenvalue weighted by Gasteiger charge is 2.09. The van der Waals surface area contributed by atoms with Crippen LogP contribution in [0.25, 0.3) is 0 Å². The normalized spacial score (nSPS) is 12.0. The highest BCUT2D eigenvalue weighted by atomic mass is 35.5. The van der Waals surface area contributed by atoms with Gasteiger partial charge < -0.3 is 10.1 Å². The zero-order valence-electron chi connectivity index (χ0n) is 11.1. The molecule has 1 rings (SSSR count). The standard InChI is InChI=1S/C14H20ClNO2/c1-10(6-7-15)9-16-14(17)12-5-4-11(2)13(8-12)18-3/h4-5,8,10H,6-7,9H2,1-3H3,(H,16,17). The molecule has 0 fully saturated rings. The monoisotopic (exact) mass is 269 g/mol. The molecule has 4 heteroatoms. The molecule has 1 aromatic rings. The summed E-state index contributed by atoms with van der Waals surface area (Å²) in [5.74, 6) is 1.67. The maximum absolute atomic E-state index is 11.9. The average molecular weight is 270 g/mol. The van der Waals surface area contributed by atoms with Gasteiger partial charge in [-0.15, -0.1) is 11.6 Å². The Bertz CT molecular complexity index is 407. The van der Waals surface area contributed by atoms with Gasteiger partial charge in [0.15, 0.2) is 0 Å². The van der Waals surface area contributed by atoms with Crippen molar-refractivity contribution in [2.24, 2.45) is 5.92 Å². The van der Waals surface area contributed by atoms with E-state index >= 15 is 0 Å². The molecule has 0 aliphatic heterocycles. The Balaban J connectivity index is 2.61. The number of ether oxygens (including phenoxy) is 1. The molecule has 0 saturated heterocycles. The van der Waals surface area contributed by atoms with Crippen molar-refractivity contribution in [1.82, 2.24) is 5.32 Å². The van der Waals surface area contributed by atoms with Crippen LogP contribution >= 0.6 is 11.6 Å². The van der Waals surface area contributed by atoms with Gasteiger partial charge in [-0.25, -0.2) is 0 Å². The second-order valence-corrected chi connectivity index (χ2v) is 4.86. The van der Waals surface area contributed by atoms with Crippen molar-refractivity contribution in [3.63, 3.8) is 0 Å². The summed E-state index contributed by atoms with van der Waals surface area (Å²) in [4.78, 5) is 11.9. The predicted molar refractivity (Wildman–Crippen MR) is 74.6 cm³/mol. The number of nitrogens with one attached hydrogen (secondary N) is 1. The molecule has 0 bridgehead atoms. The molecule has 1 amide bonds. The molecule has 0 radical (unpaired) electrons. The van der Waals surface area contributed by atoms with Gasteiger partial charge in [-0.2, -0.15) is 0 Å². The minimum Gasteiger partial charge on any atom is -0.496 e. The third-order valence-corrected chi connectivity index (χ3v) is 3.10. The van der Waals surface area contributed by atoms with Crippen molar-refractivity contribution in [1.29, 1.82) is 0 Å². The van der Waals surface area contributed by atoms with E-state index < -0.39 is 0 Å². The number of amides is 1. The quantitative estimate of drug-likeness (QED) is 0.807. The first-order chi connectivity index (χ1) is 8.58. The molecule has 3 nitrogen and oxygen atoms in total. The third kappa shape index (κ3) is 4.22. The second-order valence-electron chi connectivity index (χ2n) is 4.48. The molecule has 0 spiro atoms. The lowest BCUT2D eigenvalue weighted by Crippen LogP contribution is -2.28. The van der Waals surface area contributed by atoms with E-state index in [1.165, 1.54) is 0 Å². The summed E-state index contributed by atoms with van der Waals surface area (Å²) in [6.07, 6.45) is 0.902. The number of alkyl halides is 1. The number of carbonyl (C=O) groups is 1. The Morgan fingerprint density at radius 1 is 1.50 bits per heavy atom. The molecule has 1 N–H and O–H groups in total. The number of methoxy groups -OCH3 is 1. The summed E-state index contributed by atoms with van der Waals surface area (Å²) in [5, 5.41) is 2.90. The zero-order valence-corrected chi connectivity index (χ0v) is 11.9. The molecule has 18 heavy (non-hydrogen) atoms. The van der Waals surface area contributed by atoms with Crippen LogP contribution in [0.5, 0.6) is 5.75 Å². The van der Waals surface area contributed by atoms with Crippen LogP contribution in [-0.4, -0.2) is 25.4 Å². The first kappa shape index (κ1) is 14.8. The number of hydrogen-bond acceptors (Lipinski definition) is 2. The SMILES string of the molecule is COc1cc(C(=O)NCC(C)CCCl)ccc1C. The Hall–Kier alpha value is -1.22. The van der Waals surface area contributed by atoms with E-state index in [2.05, 4.69) is 12.2 Å². The molecular weight excluding hydrogens is 250 g/mol. The minimum atomic E-state index is -0.0743.